The SMILES string of the molecule is O=C(c1nccc2ccccc12)N1CCC(n2cc(COc3ccccc3)nn2)C1. The molecule has 3 heterocycles. The van der Waals surface area contributed by atoms with Gasteiger partial charge in [-0.3, -0.25) is 9.78 Å². The largest absolute Gasteiger partial charge is 0.487 e. The third-order valence-corrected chi connectivity index (χ3v) is 5.39. The van der Waals surface area contributed by atoms with Crippen molar-refractivity contribution in [2.24, 2.45) is 0 Å². The summed E-state index contributed by atoms with van der Waals surface area (Å²) in [5.74, 6) is 0.759. The van der Waals surface area contributed by atoms with E-state index in [2.05, 4.69) is 15.3 Å². The van der Waals surface area contributed by atoms with Crippen LogP contribution in [0, 0.1) is 0 Å². The molecule has 1 aliphatic heterocycles. The Morgan fingerprint density at radius 2 is 1.90 bits per heavy atom. The van der Waals surface area contributed by atoms with Crippen LogP contribution in [0.3, 0.4) is 0 Å². The molecular weight excluding hydrogens is 378 g/mol. The summed E-state index contributed by atoms with van der Waals surface area (Å²) in [4.78, 5) is 19.3. The zero-order chi connectivity index (χ0) is 20.3. The number of fused-ring (bicyclic) bond motifs is 1. The molecule has 30 heavy (non-hydrogen) atoms. The molecule has 0 radical (unpaired) electrons. The highest BCUT2D eigenvalue weighted by molar-refractivity contribution is 6.05. The van der Waals surface area contributed by atoms with E-state index in [9.17, 15) is 4.79 Å². The molecule has 5 rings (SSSR count). The number of likely N-dealkylation sites (tertiary alicyclic amines) is 1. The first-order valence-corrected chi connectivity index (χ1v) is 9.99. The van der Waals surface area contributed by atoms with Crippen molar-refractivity contribution in [1.29, 1.82) is 0 Å². The van der Waals surface area contributed by atoms with Crippen LogP contribution in [-0.4, -0.2) is 43.9 Å². The Kier molecular flexibility index (Phi) is 4.85. The highest BCUT2D eigenvalue weighted by atomic mass is 16.5. The maximum absolute atomic E-state index is 13.1. The van der Waals surface area contributed by atoms with E-state index in [0.717, 1.165) is 28.6 Å². The Morgan fingerprint density at radius 3 is 2.80 bits per heavy atom. The Hall–Kier alpha value is -3.74. The molecule has 1 saturated heterocycles. The van der Waals surface area contributed by atoms with Gasteiger partial charge < -0.3 is 9.64 Å². The zero-order valence-electron chi connectivity index (χ0n) is 16.4. The van der Waals surface area contributed by atoms with Gasteiger partial charge in [-0.25, -0.2) is 4.68 Å². The van der Waals surface area contributed by atoms with E-state index in [-0.39, 0.29) is 11.9 Å². The first-order valence-electron chi connectivity index (χ1n) is 9.99. The first kappa shape index (κ1) is 18.3. The van der Waals surface area contributed by atoms with Crippen molar-refractivity contribution in [3.05, 3.63) is 84.4 Å². The van der Waals surface area contributed by atoms with E-state index in [4.69, 9.17) is 4.74 Å². The lowest BCUT2D eigenvalue weighted by atomic mass is 10.1. The highest BCUT2D eigenvalue weighted by Crippen LogP contribution is 2.25. The third kappa shape index (κ3) is 3.61. The van der Waals surface area contributed by atoms with Crippen molar-refractivity contribution in [3.8, 4) is 5.75 Å². The lowest BCUT2D eigenvalue weighted by Gasteiger charge is -2.17. The zero-order valence-corrected chi connectivity index (χ0v) is 16.4. The van der Waals surface area contributed by atoms with Gasteiger partial charge in [-0.1, -0.05) is 47.7 Å². The van der Waals surface area contributed by atoms with Crippen molar-refractivity contribution in [2.75, 3.05) is 13.1 Å². The fourth-order valence-electron chi connectivity index (χ4n) is 3.81. The lowest BCUT2D eigenvalue weighted by molar-refractivity contribution is 0.0783. The van der Waals surface area contributed by atoms with Gasteiger partial charge in [-0.2, -0.15) is 0 Å². The summed E-state index contributed by atoms with van der Waals surface area (Å²) in [7, 11) is 0. The van der Waals surface area contributed by atoms with Gasteiger partial charge in [0.25, 0.3) is 5.91 Å². The molecule has 0 bridgehead atoms. The van der Waals surface area contributed by atoms with Crippen LogP contribution >= 0.6 is 0 Å². The van der Waals surface area contributed by atoms with Gasteiger partial charge in [0.1, 0.15) is 23.7 Å². The fraction of sp³-hybridized carbons (Fsp3) is 0.217. The number of hydrogen-bond donors (Lipinski definition) is 0. The number of aromatic nitrogens is 4. The normalized spacial score (nSPS) is 16.1. The van der Waals surface area contributed by atoms with E-state index >= 15 is 0 Å². The van der Waals surface area contributed by atoms with Gasteiger partial charge in [0, 0.05) is 24.7 Å². The minimum atomic E-state index is -0.0398. The van der Waals surface area contributed by atoms with Crippen molar-refractivity contribution in [1.82, 2.24) is 24.9 Å². The van der Waals surface area contributed by atoms with Crippen LogP contribution < -0.4 is 4.74 Å². The number of amides is 1. The number of hydrogen-bond acceptors (Lipinski definition) is 5. The molecule has 1 aliphatic rings. The van der Waals surface area contributed by atoms with Crippen LogP contribution in [0.5, 0.6) is 5.75 Å². The summed E-state index contributed by atoms with van der Waals surface area (Å²) in [5.41, 5.74) is 1.27. The molecule has 4 aromatic rings. The van der Waals surface area contributed by atoms with Crippen molar-refractivity contribution in [2.45, 2.75) is 19.1 Å². The van der Waals surface area contributed by atoms with Crippen molar-refractivity contribution in [3.63, 3.8) is 0 Å². The Labute approximate surface area is 173 Å². The second-order valence-corrected chi connectivity index (χ2v) is 7.37. The molecule has 2 aromatic carbocycles. The monoisotopic (exact) mass is 399 g/mol. The van der Waals surface area contributed by atoms with Gasteiger partial charge in [0.05, 0.1) is 12.2 Å². The maximum atomic E-state index is 13.1. The van der Waals surface area contributed by atoms with E-state index in [1.54, 1.807) is 6.20 Å². The summed E-state index contributed by atoms with van der Waals surface area (Å²) in [6.07, 6.45) is 4.43. The van der Waals surface area contributed by atoms with Crippen LogP contribution in [0.15, 0.2) is 73.1 Å². The molecule has 1 atom stereocenters. The number of carbonyl (C=O) groups excluding carboxylic acids is 1. The number of nitrogens with zero attached hydrogens (tertiary/aromatic N) is 5. The molecule has 0 spiro atoms. The topological polar surface area (TPSA) is 73.1 Å². The summed E-state index contributed by atoms with van der Waals surface area (Å²) in [6.45, 7) is 1.62. The Bertz CT molecular complexity index is 1170. The molecule has 1 amide bonds. The minimum Gasteiger partial charge on any atom is -0.487 e. The molecular formula is C23H21N5O2. The van der Waals surface area contributed by atoms with Crippen LogP contribution in [-0.2, 0) is 6.61 Å². The van der Waals surface area contributed by atoms with Gasteiger partial charge >= 0.3 is 0 Å². The van der Waals surface area contributed by atoms with Crippen LogP contribution in [0.4, 0.5) is 0 Å². The van der Waals surface area contributed by atoms with Gasteiger partial charge in [-0.05, 0) is 30.0 Å². The molecule has 7 nitrogen and oxygen atoms in total. The van der Waals surface area contributed by atoms with E-state index < -0.39 is 0 Å². The second kappa shape index (κ2) is 7.94. The predicted octanol–water partition coefficient (Wildman–Crippen LogP) is 3.49. The van der Waals surface area contributed by atoms with Gasteiger partial charge in [0.15, 0.2) is 0 Å². The second-order valence-electron chi connectivity index (χ2n) is 7.37. The molecule has 2 aromatic heterocycles. The summed E-state index contributed by atoms with van der Waals surface area (Å²) < 4.78 is 7.58. The highest BCUT2D eigenvalue weighted by Gasteiger charge is 2.30. The fourth-order valence-corrected chi connectivity index (χ4v) is 3.81. The first-order chi connectivity index (χ1) is 14.8. The van der Waals surface area contributed by atoms with Crippen molar-refractivity contribution >= 4 is 16.7 Å². The van der Waals surface area contributed by atoms with Crippen LogP contribution in [0.1, 0.15) is 28.6 Å². The molecule has 0 saturated carbocycles. The van der Waals surface area contributed by atoms with E-state index in [1.807, 2.05) is 76.4 Å². The van der Waals surface area contributed by atoms with Crippen LogP contribution in [0.2, 0.25) is 0 Å². The predicted molar refractivity (Wildman–Crippen MR) is 112 cm³/mol. The minimum absolute atomic E-state index is 0.0398. The average molecular weight is 399 g/mol. The number of ether oxygens (including phenoxy) is 1. The lowest BCUT2D eigenvalue weighted by Crippen LogP contribution is -2.30. The van der Waals surface area contributed by atoms with Crippen LogP contribution in [0.25, 0.3) is 10.8 Å². The molecule has 150 valence electrons. The Morgan fingerprint density at radius 1 is 1.07 bits per heavy atom. The summed E-state index contributed by atoms with van der Waals surface area (Å²) in [6, 6.07) is 19.5. The number of carbonyl (C=O) groups is 1. The molecule has 0 aliphatic carbocycles. The number of benzene rings is 2. The molecule has 7 heteroatoms. The van der Waals surface area contributed by atoms with E-state index in [1.165, 1.54) is 0 Å². The van der Waals surface area contributed by atoms with E-state index in [0.29, 0.717) is 25.4 Å². The number of para-hydroxylation sites is 1. The molecule has 1 unspecified atom stereocenters. The van der Waals surface area contributed by atoms with Crippen molar-refractivity contribution < 1.29 is 9.53 Å². The molecule has 0 N–H and O–H groups in total. The third-order valence-electron chi connectivity index (χ3n) is 5.39. The smallest absolute Gasteiger partial charge is 0.273 e. The standard InChI is InChI=1S/C23H21N5O2/c29-23(22-21-9-5-4-6-17(21)10-12-24-22)27-13-11-19(15-27)28-14-18(25-26-28)16-30-20-7-2-1-3-8-20/h1-10,12,14,19H,11,13,15-16H2. The Balaban J connectivity index is 1.26. The number of pyridine rings is 1. The number of rotatable bonds is 5. The molecule has 1 fully saturated rings. The van der Waals surface area contributed by atoms with Gasteiger partial charge in [-0.15, -0.1) is 5.10 Å². The average Bonchev–Trinajstić information content (AvgIpc) is 3.47. The summed E-state index contributed by atoms with van der Waals surface area (Å²) in [5, 5.41) is 10.4. The summed E-state index contributed by atoms with van der Waals surface area (Å²) >= 11 is 0. The maximum Gasteiger partial charge on any atom is 0.273 e. The van der Waals surface area contributed by atoms with Gasteiger partial charge in [0.2, 0.25) is 0 Å². The quantitative estimate of drug-likeness (QED) is 0.514.